The van der Waals surface area contributed by atoms with Gasteiger partial charge in [0.1, 0.15) is 5.75 Å². The highest BCUT2D eigenvalue weighted by Gasteiger charge is 2.15. The lowest BCUT2D eigenvalue weighted by molar-refractivity contribution is 0.0616. The third-order valence-electron chi connectivity index (χ3n) is 3.55. The number of rotatable bonds is 2. The van der Waals surface area contributed by atoms with Crippen LogP contribution in [0.5, 0.6) is 5.75 Å². The van der Waals surface area contributed by atoms with Crippen LogP contribution in [0.3, 0.4) is 0 Å². The van der Waals surface area contributed by atoms with E-state index in [0.29, 0.717) is 11.7 Å². The highest BCUT2D eigenvalue weighted by atomic mass is 16.5. The minimum absolute atomic E-state index is 0.337. The average molecular weight is 231 g/mol. The van der Waals surface area contributed by atoms with Gasteiger partial charge in [0, 0.05) is 32.0 Å². The number of phenols is 1. The summed E-state index contributed by atoms with van der Waals surface area (Å²) in [6, 6.07) is 7.65. The summed E-state index contributed by atoms with van der Waals surface area (Å²) >= 11 is 0. The van der Waals surface area contributed by atoms with Gasteiger partial charge in [-0.2, -0.15) is 0 Å². The van der Waals surface area contributed by atoms with Gasteiger partial charge in [-0.25, -0.2) is 0 Å². The summed E-state index contributed by atoms with van der Waals surface area (Å²) in [6.07, 6.45) is 4.39. The monoisotopic (exact) mass is 231 g/mol. The van der Waals surface area contributed by atoms with E-state index in [2.05, 4.69) is 16.8 Å². The van der Waals surface area contributed by atoms with E-state index in [0.717, 1.165) is 38.1 Å². The van der Waals surface area contributed by atoms with Crippen molar-refractivity contribution in [2.45, 2.75) is 19.4 Å². The molecule has 0 bridgehead atoms. The number of hydrogen-bond donors (Lipinski definition) is 1. The molecule has 17 heavy (non-hydrogen) atoms. The van der Waals surface area contributed by atoms with Crippen molar-refractivity contribution in [2.24, 2.45) is 5.92 Å². The lowest BCUT2D eigenvalue weighted by Crippen LogP contribution is -2.19. The zero-order chi connectivity index (χ0) is 11.7. The summed E-state index contributed by atoms with van der Waals surface area (Å²) in [4.78, 5) is 0. The topological polar surface area (TPSA) is 34.4 Å². The van der Waals surface area contributed by atoms with E-state index >= 15 is 0 Å². The molecule has 1 saturated heterocycles. The first-order valence-electron chi connectivity index (χ1n) is 6.18. The average Bonchev–Trinajstić information content (AvgIpc) is 2.73. The summed E-state index contributed by atoms with van der Waals surface area (Å²) in [7, 11) is 0. The number of aromatic nitrogens is 1. The van der Waals surface area contributed by atoms with E-state index in [-0.39, 0.29) is 0 Å². The molecule has 2 heterocycles. The van der Waals surface area contributed by atoms with Gasteiger partial charge in [-0.05, 0) is 42.3 Å². The summed E-state index contributed by atoms with van der Waals surface area (Å²) in [5, 5.41) is 10.7. The first-order chi connectivity index (χ1) is 8.33. The molecule has 1 aliphatic rings. The predicted molar refractivity (Wildman–Crippen MR) is 67.1 cm³/mol. The Labute approximate surface area is 101 Å². The van der Waals surface area contributed by atoms with Crippen molar-refractivity contribution in [3.8, 4) is 5.75 Å². The highest BCUT2D eigenvalue weighted by molar-refractivity contribution is 5.81. The Kier molecular flexibility index (Phi) is 2.77. The molecule has 1 aliphatic heterocycles. The van der Waals surface area contributed by atoms with E-state index in [9.17, 15) is 5.11 Å². The van der Waals surface area contributed by atoms with Crippen LogP contribution in [0.1, 0.15) is 12.8 Å². The molecule has 1 aromatic heterocycles. The largest absolute Gasteiger partial charge is 0.508 e. The van der Waals surface area contributed by atoms with Crippen LogP contribution in [0.2, 0.25) is 0 Å². The molecule has 0 atom stereocenters. The van der Waals surface area contributed by atoms with E-state index < -0.39 is 0 Å². The zero-order valence-corrected chi connectivity index (χ0v) is 9.80. The molecule has 3 nitrogen and oxygen atoms in total. The quantitative estimate of drug-likeness (QED) is 0.862. The van der Waals surface area contributed by atoms with Crippen molar-refractivity contribution >= 4 is 10.9 Å². The summed E-state index contributed by atoms with van der Waals surface area (Å²) in [5.41, 5.74) is 1.12. The minimum Gasteiger partial charge on any atom is -0.508 e. The van der Waals surface area contributed by atoms with Gasteiger partial charge in [-0.3, -0.25) is 0 Å². The Hall–Kier alpha value is -1.48. The SMILES string of the molecule is Oc1ccc2ccn(CC3CCOCC3)c2c1. The molecule has 0 spiro atoms. The summed E-state index contributed by atoms with van der Waals surface area (Å²) in [6.45, 7) is 2.79. The molecule has 1 fully saturated rings. The van der Waals surface area contributed by atoms with Crippen molar-refractivity contribution in [3.05, 3.63) is 30.5 Å². The maximum atomic E-state index is 9.55. The Morgan fingerprint density at radius 1 is 1.24 bits per heavy atom. The fourth-order valence-electron chi connectivity index (χ4n) is 2.54. The van der Waals surface area contributed by atoms with Crippen molar-refractivity contribution < 1.29 is 9.84 Å². The molecule has 0 saturated carbocycles. The summed E-state index contributed by atoms with van der Waals surface area (Å²) in [5.74, 6) is 1.03. The molecular weight excluding hydrogens is 214 g/mol. The molecular formula is C14H17NO2. The number of hydrogen-bond acceptors (Lipinski definition) is 2. The third kappa shape index (κ3) is 2.15. The van der Waals surface area contributed by atoms with Gasteiger partial charge in [0.05, 0.1) is 5.52 Å². The standard InChI is InChI=1S/C14H17NO2/c16-13-2-1-12-3-6-15(14(12)9-13)10-11-4-7-17-8-5-11/h1-3,6,9,11,16H,4-5,7-8,10H2. The van der Waals surface area contributed by atoms with Gasteiger partial charge in [0.15, 0.2) is 0 Å². The van der Waals surface area contributed by atoms with Crippen LogP contribution in [0.4, 0.5) is 0 Å². The third-order valence-corrected chi connectivity index (χ3v) is 3.55. The van der Waals surface area contributed by atoms with Gasteiger partial charge in [0.2, 0.25) is 0 Å². The second kappa shape index (κ2) is 4.41. The van der Waals surface area contributed by atoms with Crippen LogP contribution in [0.15, 0.2) is 30.5 Å². The molecule has 0 radical (unpaired) electrons. The maximum absolute atomic E-state index is 9.55. The van der Waals surface area contributed by atoms with Crippen LogP contribution in [-0.2, 0) is 11.3 Å². The fourth-order valence-corrected chi connectivity index (χ4v) is 2.54. The maximum Gasteiger partial charge on any atom is 0.117 e. The molecule has 0 unspecified atom stereocenters. The van der Waals surface area contributed by atoms with Gasteiger partial charge in [-0.1, -0.05) is 0 Å². The molecule has 1 aromatic carbocycles. The number of nitrogens with zero attached hydrogens (tertiary/aromatic N) is 1. The second-order valence-corrected chi connectivity index (χ2v) is 4.77. The molecule has 0 amide bonds. The first kappa shape index (κ1) is 10.7. The van der Waals surface area contributed by atoms with Crippen LogP contribution < -0.4 is 0 Å². The fraction of sp³-hybridized carbons (Fsp3) is 0.429. The molecule has 1 N–H and O–H groups in total. The number of fused-ring (bicyclic) bond motifs is 1. The van der Waals surface area contributed by atoms with Gasteiger partial charge < -0.3 is 14.4 Å². The van der Waals surface area contributed by atoms with Gasteiger partial charge >= 0.3 is 0 Å². The molecule has 3 heteroatoms. The van der Waals surface area contributed by atoms with Crippen molar-refractivity contribution in [1.29, 1.82) is 0 Å². The molecule has 0 aliphatic carbocycles. The van der Waals surface area contributed by atoms with Gasteiger partial charge in [-0.15, -0.1) is 0 Å². The first-order valence-corrected chi connectivity index (χ1v) is 6.18. The lowest BCUT2D eigenvalue weighted by Gasteiger charge is -2.22. The van der Waals surface area contributed by atoms with Crippen molar-refractivity contribution in [2.75, 3.05) is 13.2 Å². The Balaban J connectivity index is 1.86. The van der Waals surface area contributed by atoms with Gasteiger partial charge in [0.25, 0.3) is 0 Å². The van der Waals surface area contributed by atoms with Crippen molar-refractivity contribution in [1.82, 2.24) is 4.57 Å². The van der Waals surface area contributed by atoms with Crippen LogP contribution in [0.25, 0.3) is 10.9 Å². The van der Waals surface area contributed by atoms with Crippen LogP contribution in [-0.4, -0.2) is 22.9 Å². The second-order valence-electron chi connectivity index (χ2n) is 4.77. The predicted octanol–water partition coefficient (Wildman–Crippen LogP) is 2.77. The summed E-state index contributed by atoms with van der Waals surface area (Å²) < 4.78 is 7.62. The van der Waals surface area contributed by atoms with E-state index in [1.54, 1.807) is 6.07 Å². The Morgan fingerprint density at radius 2 is 2.06 bits per heavy atom. The van der Waals surface area contributed by atoms with Crippen molar-refractivity contribution in [3.63, 3.8) is 0 Å². The molecule has 3 rings (SSSR count). The number of phenolic OH excluding ortho intramolecular Hbond substituents is 1. The Morgan fingerprint density at radius 3 is 2.88 bits per heavy atom. The van der Waals surface area contributed by atoms with Crippen LogP contribution >= 0.6 is 0 Å². The molecule has 90 valence electrons. The number of benzene rings is 1. The minimum atomic E-state index is 0.337. The van der Waals surface area contributed by atoms with E-state index in [1.807, 2.05) is 12.1 Å². The smallest absolute Gasteiger partial charge is 0.117 e. The zero-order valence-electron chi connectivity index (χ0n) is 9.80. The Bertz CT molecular complexity index is 512. The van der Waals surface area contributed by atoms with E-state index in [4.69, 9.17) is 4.74 Å². The molecule has 2 aromatic rings. The highest BCUT2D eigenvalue weighted by Crippen LogP contribution is 2.24. The normalized spacial score (nSPS) is 17.6. The van der Waals surface area contributed by atoms with Crippen LogP contribution in [0, 0.1) is 5.92 Å². The number of aromatic hydroxyl groups is 1. The number of ether oxygens (including phenoxy) is 1. The lowest BCUT2D eigenvalue weighted by atomic mass is 10.0. The van der Waals surface area contributed by atoms with E-state index in [1.165, 1.54) is 5.39 Å².